The molecular formula is C19H20ClNO3. The van der Waals surface area contributed by atoms with Crippen molar-refractivity contribution in [2.75, 3.05) is 7.11 Å². The molecule has 1 atom stereocenters. The molecule has 0 amide bonds. The highest BCUT2D eigenvalue weighted by Crippen LogP contribution is 2.26. The summed E-state index contributed by atoms with van der Waals surface area (Å²) in [5.74, 6) is 0.275. The Kier molecular flexibility index (Phi) is 6.38. The van der Waals surface area contributed by atoms with Gasteiger partial charge in [-0.05, 0) is 55.3 Å². The minimum Gasteiger partial charge on any atom is -0.489 e. The number of hydrogen-bond donors (Lipinski definition) is 0. The van der Waals surface area contributed by atoms with E-state index >= 15 is 0 Å². The Labute approximate surface area is 147 Å². The second kappa shape index (κ2) is 8.50. The number of hydrogen-bond acceptors (Lipinski definition) is 4. The Morgan fingerprint density at radius 3 is 2.75 bits per heavy atom. The molecule has 5 heteroatoms. The second-order valence-electron chi connectivity index (χ2n) is 5.33. The van der Waals surface area contributed by atoms with Gasteiger partial charge in [0.1, 0.15) is 5.75 Å². The number of methoxy groups -OCH3 is 1. The van der Waals surface area contributed by atoms with Crippen molar-refractivity contribution < 1.29 is 14.3 Å². The number of carbonyl (C=O) groups is 1. The first-order valence-electron chi connectivity index (χ1n) is 7.72. The summed E-state index contributed by atoms with van der Waals surface area (Å²) < 4.78 is 10.4. The van der Waals surface area contributed by atoms with Gasteiger partial charge >= 0.3 is 5.97 Å². The van der Waals surface area contributed by atoms with Crippen molar-refractivity contribution in [1.82, 2.24) is 0 Å². The van der Waals surface area contributed by atoms with E-state index in [4.69, 9.17) is 21.1 Å². The average molecular weight is 346 g/mol. The number of rotatable bonds is 6. The average Bonchev–Trinajstić information content (AvgIpc) is 2.61. The molecule has 0 heterocycles. The van der Waals surface area contributed by atoms with Crippen LogP contribution in [0.4, 0.5) is 5.69 Å². The van der Waals surface area contributed by atoms with Gasteiger partial charge in [0, 0.05) is 6.21 Å². The van der Waals surface area contributed by atoms with Crippen LogP contribution < -0.4 is 4.74 Å². The molecule has 4 nitrogen and oxygen atoms in total. The SMILES string of the molecule is CC[C@H](C)Oc1ccc(C=Nc2cccc(C(=O)OC)c2)cc1Cl. The molecule has 126 valence electrons. The smallest absolute Gasteiger partial charge is 0.337 e. The van der Waals surface area contributed by atoms with Crippen LogP contribution in [0.3, 0.4) is 0 Å². The molecule has 0 saturated carbocycles. The number of benzene rings is 2. The standard InChI is InChI=1S/C19H20ClNO3/c1-4-13(2)24-18-9-8-14(10-17(18)20)12-21-16-7-5-6-15(11-16)19(22)23-3/h5-13H,4H2,1-3H3/t13-/m0/s1. The van der Waals surface area contributed by atoms with E-state index in [0.717, 1.165) is 12.0 Å². The minimum atomic E-state index is -0.387. The number of nitrogens with zero attached hydrogens (tertiary/aromatic N) is 1. The van der Waals surface area contributed by atoms with Crippen LogP contribution in [-0.2, 0) is 4.74 Å². The Morgan fingerprint density at radius 1 is 1.29 bits per heavy atom. The van der Waals surface area contributed by atoms with Gasteiger partial charge in [0.15, 0.2) is 0 Å². The zero-order valence-electron chi connectivity index (χ0n) is 14.0. The molecule has 0 aliphatic rings. The Hall–Kier alpha value is -2.33. The fraction of sp³-hybridized carbons (Fsp3) is 0.263. The Morgan fingerprint density at radius 2 is 2.08 bits per heavy atom. The molecule has 2 aromatic rings. The largest absolute Gasteiger partial charge is 0.489 e. The third kappa shape index (κ3) is 4.83. The summed E-state index contributed by atoms with van der Waals surface area (Å²) in [5, 5.41) is 0.544. The number of aliphatic imine (C=N–C) groups is 1. The van der Waals surface area contributed by atoms with E-state index in [1.807, 2.05) is 25.1 Å². The Bertz CT molecular complexity index is 743. The summed E-state index contributed by atoms with van der Waals surface area (Å²) in [4.78, 5) is 15.9. The third-order valence-corrected chi connectivity index (χ3v) is 3.78. The maximum Gasteiger partial charge on any atom is 0.337 e. The highest BCUT2D eigenvalue weighted by molar-refractivity contribution is 6.32. The van der Waals surface area contributed by atoms with Gasteiger partial charge in [0.25, 0.3) is 0 Å². The molecule has 0 aliphatic carbocycles. The quantitative estimate of drug-likeness (QED) is 0.543. The zero-order valence-corrected chi connectivity index (χ0v) is 14.7. The van der Waals surface area contributed by atoms with Gasteiger partial charge in [-0.15, -0.1) is 0 Å². The van der Waals surface area contributed by atoms with Crippen molar-refractivity contribution in [2.24, 2.45) is 4.99 Å². The van der Waals surface area contributed by atoms with Crippen molar-refractivity contribution in [3.05, 3.63) is 58.6 Å². The lowest BCUT2D eigenvalue weighted by Crippen LogP contribution is -2.09. The van der Waals surface area contributed by atoms with Crippen LogP contribution in [0.1, 0.15) is 36.2 Å². The van der Waals surface area contributed by atoms with Gasteiger partial charge in [-0.2, -0.15) is 0 Å². The molecular weight excluding hydrogens is 326 g/mol. The molecule has 0 radical (unpaired) electrons. The maximum absolute atomic E-state index is 11.5. The summed E-state index contributed by atoms with van der Waals surface area (Å²) in [5.41, 5.74) is 1.97. The molecule has 24 heavy (non-hydrogen) atoms. The first-order chi connectivity index (χ1) is 11.5. The van der Waals surface area contributed by atoms with Crippen LogP contribution in [-0.4, -0.2) is 25.4 Å². The summed E-state index contributed by atoms with van der Waals surface area (Å²) in [6.07, 6.45) is 2.72. The van der Waals surface area contributed by atoms with Crippen molar-refractivity contribution in [1.29, 1.82) is 0 Å². The molecule has 2 aromatic carbocycles. The third-order valence-electron chi connectivity index (χ3n) is 3.49. The molecule has 0 aromatic heterocycles. The van der Waals surface area contributed by atoms with E-state index in [1.165, 1.54) is 7.11 Å². The van der Waals surface area contributed by atoms with Crippen molar-refractivity contribution in [3.63, 3.8) is 0 Å². The highest BCUT2D eigenvalue weighted by atomic mass is 35.5. The van der Waals surface area contributed by atoms with E-state index in [0.29, 0.717) is 22.0 Å². The fourth-order valence-electron chi connectivity index (χ4n) is 1.97. The first-order valence-corrected chi connectivity index (χ1v) is 8.10. The van der Waals surface area contributed by atoms with Crippen LogP contribution in [0.5, 0.6) is 5.75 Å². The van der Waals surface area contributed by atoms with Crippen LogP contribution in [0.15, 0.2) is 47.5 Å². The van der Waals surface area contributed by atoms with Crippen LogP contribution in [0.25, 0.3) is 0 Å². The number of halogens is 1. The Balaban J connectivity index is 2.15. The summed E-state index contributed by atoms with van der Waals surface area (Å²) >= 11 is 6.25. The van der Waals surface area contributed by atoms with Crippen molar-refractivity contribution >= 4 is 29.5 Å². The normalized spacial score (nSPS) is 12.2. The number of esters is 1. The van der Waals surface area contributed by atoms with Gasteiger partial charge < -0.3 is 9.47 Å². The zero-order chi connectivity index (χ0) is 17.5. The molecule has 0 bridgehead atoms. The molecule has 0 spiro atoms. The van der Waals surface area contributed by atoms with Crippen molar-refractivity contribution in [2.45, 2.75) is 26.4 Å². The minimum absolute atomic E-state index is 0.114. The second-order valence-corrected chi connectivity index (χ2v) is 5.73. The lowest BCUT2D eigenvalue weighted by Gasteiger charge is -2.13. The fourth-order valence-corrected chi connectivity index (χ4v) is 2.21. The predicted molar refractivity (Wildman–Crippen MR) is 96.9 cm³/mol. The van der Waals surface area contributed by atoms with Gasteiger partial charge in [-0.25, -0.2) is 4.79 Å². The predicted octanol–water partition coefficient (Wildman–Crippen LogP) is 5.05. The van der Waals surface area contributed by atoms with Gasteiger partial charge in [-0.3, -0.25) is 4.99 Å². The topological polar surface area (TPSA) is 47.9 Å². The summed E-state index contributed by atoms with van der Waals surface area (Å²) in [6.45, 7) is 4.06. The van der Waals surface area contributed by atoms with Gasteiger partial charge in [0.2, 0.25) is 0 Å². The van der Waals surface area contributed by atoms with E-state index in [-0.39, 0.29) is 12.1 Å². The van der Waals surface area contributed by atoms with E-state index < -0.39 is 0 Å². The van der Waals surface area contributed by atoms with E-state index in [9.17, 15) is 4.79 Å². The molecule has 0 fully saturated rings. The lowest BCUT2D eigenvalue weighted by atomic mass is 10.2. The van der Waals surface area contributed by atoms with E-state index in [1.54, 1.807) is 30.5 Å². The molecule has 0 N–H and O–H groups in total. The van der Waals surface area contributed by atoms with Gasteiger partial charge in [-0.1, -0.05) is 24.6 Å². The van der Waals surface area contributed by atoms with Crippen LogP contribution in [0.2, 0.25) is 5.02 Å². The van der Waals surface area contributed by atoms with Gasteiger partial charge in [0.05, 0.1) is 29.5 Å². The molecule has 0 aliphatic heterocycles. The first kappa shape index (κ1) is 18.0. The molecule has 0 unspecified atom stereocenters. The maximum atomic E-state index is 11.5. The number of carbonyl (C=O) groups excluding carboxylic acids is 1. The van der Waals surface area contributed by atoms with Crippen LogP contribution >= 0.6 is 11.6 Å². The van der Waals surface area contributed by atoms with Crippen molar-refractivity contribution in [3.8, 4) is 5.75 Å². The lowest BCUT2D eigenvalue weighted by molar-refractivity contribution is 0.0601. The highest BCUT2D eigenvalue weighted by Gasteiger charge is 2.07. The molecule has 2 rings (SSSR count). The molecule has 0 saturated heterocycles. The summed E-state index contributed by atoms with van der Waals surface area (Å²) in [6, 6.07) is 12.4. The van der Waals surface area contributed by atoms with Crippen LogP contribution in [0, 0.1) is 0 Å². The monoisotopic (exact) mass is 345 g/mol. The summed E-state index contributed by atoms with van der Waals surface area (Å²) in [7, 11) is 1.35. The number of ether oxygens (including phenoxy) is 2. The van der Waals surface area contributed by atoms with E-state index in [2.05, 4.69) is 11.9 Å².